The third-order valence-corrected chi connectivity index (χ3v) is 16.7. The van der Waals surface area contributed by atoms with Gasteiger partial charge in [-0.1, -0.05) is 189 Å². The predicted molar refractivity (Wildman–Crippen MR) is 230 cm³/mol. The van der Waals surface area contributed by atoms with E-state index in [0.29, 0.717) is 29.8 Å². The summed E-state index contributed by atoms with van der Waals surface area (Å²) in [6, 6.07) is 0. The van der Waals surface area contributed by atoms with Crippen molar-refractivity contribution in [2.45, 2.75) is 259 Å². The number of ether oxygens (including phenoxy) is 1. The summed E-state index contributed by atoms with van der Waals surface area (Å²) >= 11 is 0. The molecule has 0 spiro atoms. The fourth-order valence-electron chi connectivity index (χ4n) is 13.4. The Morgan fingerprint density at radius 3 is 1.70 bits per heavy atom. The number of carbonyl (C=O) groups excluding carboxylic acids is 1. The predicted octanol–water partition coefficient (Wildman–Crippen LogP) is 16.6. The van der Waals surface area contributed by atoms with E-state index in [1.165, 1.54) is 205 Å². The Morgan fingerprint density at radius 2 is 1.11 bits per heavy atom. The van der Waals surface area contributed by atoms with Crippen LogP contribution in [0.4, 0.5) is 0 Å². The van der Waals surface area contributed by atoms with Crippen LogP contribution >= 0.6 is 0 Å². The van der Waals surface area contributed by atoms with Gasteiger partial charge in [-0.15, -0.1) is 0 Å². The van der Waals surface area contributed by atoms with Gasteiger partial charge in [-0.05, 0) is 116 Å². The van der Waals surface area contributed by atoms with Gasteiger partial charge in [-0.2, -0.15) is 0 Å². The van der Waals surface area contributed by atoms with Gasteiger partial charge in [0, 0.05) is 6.42 Å². The number of esters is 1. The maximum Gasteiger partial charge on any atom is 0.305 e. The number of unbranched alkanes of at least 4 members (excludes halogenated alkanes) is 20. The monoisotopic (exact) mass is 739 g/mol. The summed E-state index contributed by atoms with van der Waals surface area (Å²) in [5.41, 5.74) is 1.25. The van der Waals surface area contributed by atoms with Gasteiger partial charge in [0.2, 0.25) is 0 Å². The first-order chi connectivity index (χ1) is 25.8. The van der Waals surface area contributed by atoms with E-state index in [9.17, 15) is 4.79 Å². The number of rotatable bonds is 29. The van der Waals surface area contributed by atoms with Gasteiger partial charge in [-0.3, -0.25) is 4.79 Å². The summed E-state index contributed by atoms with van der Waals surface area (Å²) in [6.45, 7) is 13.3. The third-order valence-electron chi connectivity index (χ3n) is 16.7. The molecule has 310 valence electrons. The largest absolute Gasteiger partial charge is 0.465 e. The van der Waals surface area contributed by atoms with Crippen LogP contribution in [0.2, 0.25) is 0 Å². The second kappa shape index (κ2) is 25.0. The van der Waals surface area contributed by atoms with Crippen molar-refractivity contribution < 1.29 is 9.53 Å². The number of carbonyl (C=O) groups is 1. The standard InChI is InChI=1S/C51H94O2/c1-6-7-8-9-10-11-12-13-14-15-16-17-18-19-20-21-22-23-24-25-26-33-49(52)53-41-42(2)30-29-31-43(3)46-36-37-47-45-35-34-44-32-27-28-39-50(44,4)48(45)38-40-51(46,47)5/h42-48H,6-41H2,1-5H3/t42?,43-,44?,45+,46-,47+,48+,50+,51-/m1/s1. The van der Waals surface area contributed by atoms with Crippen LogP contribution in [0.1, 0.15) is 259 Å². The van der Waals surface area contributed by atoms with Crippen LogP contribution in [-0.4, -0.2) is 12.6 Å². The van der Waals surface area contributed by atoms with Gasteiger partial charge in [0.15, 0.2) is 0 Å². The second-order valence-corrected chi connectivity index (χ2v) is 20.6. The fourth-order valence-corrected chi connectivity index (χ4v) is 13.4. The molecule has 2 unspecified atom stereocenters. The maximum absolute atomic E-state index is 12.4. The van der Waals surface area contributed by atoms with Crippen LogP contribution in [0.15, 0.2) is 0 Å². The minimum atomic E-state index is 0.0414. The molecule has 0 aromatic rings. The second-order valence-electron chi connectivity index (χ2n) is 20.6. The molecule has 0 aromatic heterocycles. The average Bonchev–Trinajstić information content (AvgIpc) is 3.51. The Labute approximate surface area is 332 Å². The van der Waals surface area contributed by atoms with Crippen molar-refractivity contribution in [2.24, 2.45) is 52.3 Å². The van der Waals surface area contributed by atoms with Crippen LogP contribution in [0.5, 0.6) is 0 Å². The van der Waals surface area contributed by atoms with E-state index in [2.05, 4.69) is 34.6 Å². The lowest BCUT2D eigenvalue weighted by molar-refractivity contribution is -0.145. The first-order valence-corrected chi connectivity index (χ1v) is 24.9. The minimum Gasteiger partial charge on any atom is -0.465 e. The number of fused-ring (bicyclic) bond motifs is 5. The molecule has 0 bridgehead atoms. The van der Waals surface area contributed by atoms with Gasteiger partial charge < -0.3 is 4.74 Å². The Bertz CT molecular complexity index is 958. The minimum absolute atomic E-state index is 0.0414. The SMILES string of the molecule is CCCCCCCCCCCCCCCCCCCCCCCC(=O)OCC(C)CCC[C@@H](C)[C@H]1CC[C@H]2[C@@H]3CCC4CCCC[C@]4(C)[C@H]3CC[C@]12C. The smallest absolute Gasteiger partial charge is 0.305 e. The number of hydrogen-bond acceptors (Lipinski definition) is 2. The Balaban J connectivity index is 0.923. The van der Waals surface area contributed by atoms with Crippen molar-refractivity contribution in [3.05, 3.63) is 0 Å². The Morgan fingerprint density at radius 1 is 0.566 bits per heavy atom. The summed E-state index contributed by atoms with van der Waals surface area (Å²) in [6.07, 6.45) is 48.9. The summed E-state index contributed by atoms with van der Waals surface area (Å²) in [7, 11) is 0. The Hall–Kier alpha value is -0.530. The van der Waals surface area contributed by atoms with E-state index in [4.69, 9.17) is 4.74 Å². The molecule has 4 rings (SSSR count). The lowest BCUT2D eigenvalue weighted by Crippen LogP contribution is -2.53. The van der Waals surface area contributed by atoms with Gasteiger partial charge >= 0.3 is 5.97 Å². The van der Waals surface area contributed by atoms with Crippen LogP contribution in [0.25, 0.3) is 0 Å². The van der Waals surface area contributed by atoms with Crippen molar-refractivity contribution in [3.8, 4) is 0 Å². The topological polar surface area (TPSA) is 26.3 Å². The van der Waals surface area contributed by atoms with Crippen LogP contribution < -0.4 is 0 Å². The van der Waals surface area contributed by atoms with Gasteiger partial charge in [-0.25, -0.2) is 0 Å². The molecule has 53 heavy (non-hydrogen) atoms. The van der Waals surface area contributed by atoms with Gasteiger partial charge in [0.1, 0.15) is 0 Å². The molecule has 4 aliphatic rings. The van der Waals surface area contributed by atoms with Gasteiger partial charge in [0.25, 0.3) is 0 Å². The lowest BCUT2D eigenvalue weighted by atomic mass is 9.44. The molecule has 9 atom stereocenters. The van der Waals surface area contributed by atoms with Crippen molar-refractivity contribution in [1.82, 2.24) is 0 Å². The lowest BCUT2D eigenvalue weighted by Gasteiger charge is -2.61. The van der Waals surface area contributed by atoms with E-state index >= 15 is 0 Å². The van der Waals surface area contributed by atoms with E-state index in [0.717, 1.165) is 41.9 Å². The van der Waals surface area contributed by atoms with Crippen molar-refractivity contribution in [1.29, 1.82) is 0 Å². The first kappa shape index (κ1) is 45.2. The van der Waals surface area contributed by atoms with Crippen LogP contribution in [0, 0.1) is 52.3 Å². The molecule has 2 nitrogen and oxygen atoms in total. The highest BCUT2D eigenvalue weighted by Gasteiger charge is 2.60. The summed E-state index contributed by atoms with van der Waals surface area (Å²) in [5, 5.41) is 0. The molecule has 4 saturated carbocycles. The zero-order valence-corrected chi connectivity index (χ0v) is 36.8. The molecule has 4 fully saturated rings. The Kier molecular flexibility index (Phi) is 21.3. The summed E-state index contributed by atoms with van der Waals surface area (Å²) in [4.78, 5) is 12.4. The molecule has 0 aromatic carbocycles. The maximum atomic E-state index is 12.4. The zero-order chi connectivity index (χ0) is 37.8. The molecule has 0 heterocycles. The van der Waals surface area contributed by atoms with Crippen LogP contribution in [0.3, 0.4) is 0 Å². The highest BCUT2D eigenvalue weighted by Crippen LogP contribution is 2.68. The zero-order valence-electron chi connectivity index (χ0n) is 36.8. The molecule has 2 heteroatoms. The third kappa shape index (κ3) is 14.4. The average molecular weight is 739 g/mol. The van der Waals surface area contributed by atoms with Crippen molar-refractivity contribution >= 4 is 5.97 Å². The van der Waals surface area contributed by atoms with Crippen molar-refractivity contribution in [3.63, 3.8) is 0 Å². The fraction of sp³-hybridized carbons (Fsp3) is 0.980. The molecule has 0 amide bonds. The van der Waals surface area contributed by atoms with E-state index < -0.39 is 0 Å². The van der Waals surface area contributed by atoms with Gasteiger partial charge in [0.05, 0.1) is 6.61 Å². The highest BCUT2D eigenvalue weighted by atomic mass is 16.5. The molecule has 0 saturated heterocycles. The van der Waals surface area contributed by atoms with E-state index in [-0.39, 0.29) is 5.97 Å². The van der Waals surface area contributed by atoms with E-state index in [1.54, 1.807) is 6.42 Å². The molecular formula is C51H94O2. The van der Waals surface area contributed by atoms with Crippen LogP contribution in [-0.2, 0) is 9.53 Å². The molecule has 0 radical (unpaired) electrons. The number of hydrogen-bond donors (Lipinski definition) is 0. The quantitative estimate of drug-likeness (QED) is 0.0564. The first-order valence-electron chi connectivity index (χ1n) is 24.9. The summed E-state index contributed by atoms with van der Waals surface area (Å²) in [5.74, 6) is 6.36. The normalized spacial score (nSPS) is 30.7. The highest BCUT2D eigenvalue weighted by molar-refractivity contribution is 5.69. The molecule has 0 aliphatic heterocycles. The van der Waals surface area contributed by atoms with Crippen molar-refractivity contribution in [2.75, 3.05) is 6.61 Å². The molecule has 0 N–H and O–H groups in total. The molecular weight excluding hydrogens is 645 g/mol. The summed E-state index contributed by atoms with van der Waals surface area (Å²) < 4.78 is 5.75. The van der Waals surface area contributed by atoms with E-state index in [1.807, 2.05) is 0 Å². The molecule has 4 aliphatic carbocycles.